The third-order valence-corrected chi connectivity index (χ3v) is 5.78. The van der Waals surface area contributed by atoms with Crippen molar-refractivity contribution in [2.24, 2.45) is 0 Å². The van der Waals surface area contributed by atoms with Gasteiger partial charge < -0.3 is 4.90 Å². The average molecular weight is 297 g/mol. The average Bonchev–Trinajstić information content (AvgIpc) is 2.49. The minimum absolute atomic E-state index is 0.280. The Morgan fingerprint density at radius 3 is 2.30 bits per heavy atom. The van der Waals surface area contributed by atoms with Crippen LogP contribution >= 0.6 is 0 Å². The molecule has 0 radical (unpaired) electrons. The van der Waals surface area contributed by atoms with Gasteiger partial charge in [-0.3, -0.25) is 0 Å². The van der Waals surface area contributed by atoms with Gasteiger partial charge in [-0.25, -0.2) is 13.4 Å². The maximum Gasteiger partial charge on any atom is 0.244 e. The molecule has 1 aromatic heterocycles. The Labute approximate surface area is 121 Å². The molecule has 0 amide bonds. The van der Waals surface area contributed by atoms with Crippen LogP contribution < -0.4 is 4.90 Å². The quantitative estimate of drug-likeness (QED) is 0.835. The van der Waals surface area contributed by atoms with Gasteiger partial charge in [0.05, 0.1) is 0 Å². The Kier molecular flexibility index (Phi) is 4.99. The summed E-state index contributed by atoms with van der Waals surface area (Å²) in [7, 11) is -3.40. The Morgan fingerprint density at radius 1 is 1.15 bits per heavy atom. The van der Waals surface area contributed by atoms with E-state index in [1.165, 1.54) is 29.8 Å². The molecule has 0 N–H and O–H groups in total. The Bertz CT molecular complexity index is 518. The second kappa shape index (κ2) is 6.54. The fraction of sp³-hybridized carbons (Fsp3) is 0.643. The minimum Gasteiger partial charge on any atom is -0.357 e. The molecule has 2 heterocycles. The predicted molar refractivity (Wildman–Crippen MR) is 80.4 cm³/mol. The van der Waals surface area contributed by atoms with E-state index in [-0.39, 0.29) is 4.90 Å². The lowest BCUT2D eigenvalue weighted by Crippen LogP contribution is -2.31. The number of nitrogens with zero attached hydrogens (tertiary/aromatic N) is 3. The summed E-state index contributed by atoms with van der Waals surface area (Å²) < 4.78 is 26.2. The molecule has 1 aliphatic rings. The molecule has 1 fully saturated rings. The number of hydrogen-bond acceptors (Lipinski definition) is 4. The van der Waals surface area contributed by atoms with Crippen molar-refractivity contribution in [3.8, 4) is 0 Å². The molecule has 0 aromatic carbocycles. The van der Waals surface area contributed by atoms with Crippen molar-refractivity contribution in [2.75, 3.05) is 31.1 Å². The van der Waals surface area contributed by atoms with Gasteiger partial charge in [-0.2, -0.15) is 4.31 Å². The third-order valence-electron chi connectivity index (χ3n) is 3.74. The summed E-state index contributed by atoms with van der Waals surface area (Å²) in [5, 5.41) is 0. The smallest absolute Gasteiger partial charge is 0.244 e. The summed E-state index contributed by atoms with van der Waals surface area (Å²) in [6.45, 7) is 6.66. The summed E-state index contributed by atoms with van der Waals surface area (Å²) in [4.78, 5) is 6.84. The highest BCUT2D eigenvalue weighted by Crippen LogP contribution is 2.20. The minimum atomic E-state index is -3.40. The molecule has 0 atom stereocenters. The fourth-order valence-electron chi connectivity index (χ4n) is 2.55. The summed E-state index contributed by atoms with van der Waals surface area (Å²) in [5.41, 5.74) is 0. The Balaban J connectivity index is 2.19. The van der Waals surface area contributed by atoms with Gasteiger partial charge >= 0.3 is 0 Å². The van der Waals surface area contributed by atoms with Gasteiger partial charge in [-0.15, -0.1) is 0 Å². The van der Waals surface area contributed by atoms with E-state index in [9.17, 15) is 8.42 Å². The molecule has 6 heteroatoms. The van der Waals surface area contributed by atoms with Crippen molar-refractivity contribution >= 4 is 15.8 Å². The number of rotatable bonds is 5. The van der Waals surface area contributed by atoms with Crippen molar-refractivity contribution < 1.29 is 8.42 Å². The molecular formula is C14H23N3O2S. The SMILES string of the molecule is CCN(CC)S(=O)(=O)c1ccc(N2CCCCC2)nc1. The Hall–Kier alpha value is -1.14. The van der Waals surface area contributed by atoms with Crippen LogP contribution in [-0.2, 0) is 10.0 Å². The summed E-state index contributed by atoms with van der Waals surface area (Å²) in [6.07, 6.45) is 5.12. The second-order valence-electron chi connectivity index (χ2n) is 4.99. The number of sulfonamides is 1. The van der Waals surface area contributed by atoms with Crippen LogP contribution in [0.3, 0.4) is 0 Å². The van der Waals surface area contributed by atoms with Gasteiger partial charge in [0.15, 0.2) is 0 Å². The van der Waals surface area contributed by atoms with Crippen molar-refractivity contribution in [1.29, 1.82) is 0 Å². The monoisotopic (exact) mass is 297 g/mol. The standard InChI is InChI=1S/C14H23N3O2S/c1-3-17(4-2)20(18,19)13-8-9-14(15-12-13)16-10-6-5-7-11-16/h8-9,12H,3-7,10-11H2,1-2H3. The highest BCUT2D eigenvalue weighted by atomic mass is 32.2. The number of piperidine rings is 1. The van der Waals surface area contributed by atoms with Crippen molar-refractivity contribution in [3.05, 3.63) is 18.3 Å². The number of hydrogen-bond donors (Lipinski definition) is 0. The largest absolute Gasteiger partial charge is 0.357 e. The molecule has 0 aliphatic carbocycles. The Morgan fingerprint density at radius 2 is 1.80 bits per heavy atom. The number of pyridine rings is 1. The van der Waals surface area contributed by atoms with Gasteiger partial charge in [-0.05, 0) is 31.4 Å². The van der Waals surface area contributed by atoms with Gasteiger partial charge in [0, 0.05) is 32.4 Å². The lowest BCUT2D eigenvalue weighted by Gasteiger charge is -2.27. The van der Waals surface area contributed by atoms with E-state index in [0.717, 1.165) is 18.9 Å². The first kappa shape index (κ1) is 15.3. The zero-order valence-electron chi connectivity index (χ0n) is 12.2. The van der Waals surface area contributed by atoms with E-state index < -0.39 is 10.0 Å². The molecule has 0 saturated carbocycles. The topological polar surface area (TPSA) is 53.5 Å². The lowest BCUT2D eigenvalue weighted by atomic mass is 10.1. The molecule has 1 aliphatic heterocycles. The van der Waals surface area contributed by atoms with Crippen LogP contribution in [0, 0.1) is 0 Å². The summed E-state index contributed by atoms with van der Waals surface area (Å²) in [6, 6.07) is 3.49. The van der Waals surface area contributed by atoms with Crippen molar-refractivity contribution in [3.63, 3.8) is 0 Å². The normalized spacial score (nSPS) is 16.6. The van der Waals surface area contributed by atoms with Crippen LogP contribution in [0.1, 0.15) is 33.1 Å². The maximum atomic E-state index is 12.4. The van der Waals surface area contributed by atoms with Crippen LogP contribution in [0.4, 0.5) is 5.82 Å². The molecule has 1 saturated heterocycles. The highest BCUT2D eigenvalue weighted by molar-refractivity contribution is 7.89. The van der Waals surface area contributed by atoms with E-state index >= 15 is 0 Å². The van der Waals surface area contributed by atoms with E-state index in [0.29, 0.717) is 13.1 Å². The van der Waals surface area contributed by atoms with Gasteiger partial charge in [0.1, 0.15) is 10.7 Å². The van der Waals surface area contributed by atoms with Crippen LogP contribution in [0.2, 0.25) is 0 Å². The zero-order chi connectivity index (χ0) is 14.6. The number of aromatic nitrogens is 1. The fourth-order valence-corrected chi connectivity index (χ4v) is 3.95. The van der Waals surface area contributed by atoms with Gasteiger partial charge in [-0.1, -0.05) is 13.8 Å². The molecule has 0 spiro atoms. The lowest BCUT2D eigenvalue weighted by molar-refractivity contribution is 0.445. The molecule has 1 aromatic rings. The van der Waals surface area contributed by atoms with Gasteiger partial charge in [0.25, 0.3) is 0 Å². The molecular weight excluding hydrogens is 274 g/mol. The van der Waals surface area contributed by atoms with E-state index in [1.807, 2.05) is 19.9 Å². The van der Waals surface area contributed by atoms with Crippen molar-refractivity contribution in [1.82, 2.24) is 9.29 Å². The van der Waals surface area contributed by atoms with E-state index in [4.69, 9.17) is 0 Å². The number of anilines is 1. The third kappa shape index (κ3) is 3.12. The first-order valence-corrected chi connectivity index (χ1v) is 8.74. The summed E-state index contributed by atoms with van der Waals surface area (Å²) >= 11 is 0. The molecule has 112 valence electrons. The van der Waals surface area contributed by atoms with Crippen LogP contribution in [0.15, 0.2) is 23.2 Å². The molecule has 0 bridgehead atoms. The second-order valence-corrected chi connectivity index (χ2v) is 6.93. The van der Waals surface area contributed by atoms with Crippen molar-refractivity contribution in [2.45, 2.75) is 38.0 Å². The first-order chi connectivity index (χ1) is 9.59. The molecule has 20 heavy (non-hydrogen) atoms. The van der Waals surface area contributed by atoms with Crippen LogP contribution in [-0.4, -0.2) is 43.9 Å². The first-order valence-electron chi connectivity index (χ1n) is 7.30. The van der Waals surface area contributed by atoms with E-state index in [1.54, 1.807) is 6.07 Å². The molecule has 0 unspecified atom stereocenters. The van der Waals surface area contributed by atoms with Crippen LogP contribution in [0.25, 0.3) is 0 Å². The van der Waals surface area contributed by atoms with Gasteiger partial charge in [0.2, 0.25) is 10.0 Å². The predicted octanol–water partition coefficient (Wildman–Crippen LogP) is 2.10. The van der Waals surface area contributed by atoms with Crippen LogP contribution in [0.5, 0.6) is 0 Å². The van der Waals surface area contributed by atoms with E-state index in [2.05, 4.69) is 9.88 Å². The zero-order valence-corrected chi connectivity index (χ0v) is 13.1. The summed E-state index contributed by atoms with van der Waals surface area (Å²) in [5.74, 6) is 0.878. The maximum absolute atomic E-state index is 12.4. The highest BCUT2D eigenvalue weighted by Gasteiger charge is 2.22. The molecule has 2 rings (SSSR count). The molecule has 5 nitrogen and oxygen atoms in total.